The van der Waals surface area contributed by atoms with Crippen molar-refractivity contribution in [1.82, 2.24) is 9.88 Å². The third-order valence-electron chi connectivity index (χ3n) is 5.79. The van der Waals surface area contributed by atoms with E-state index in [0.29, 0.717) is 31.7 Å². The first-order chi connectivity index (χ1) is 15.4. The first-order valence-electron chi connectivity index (χ1n) is 10.6. The number of amides is 1. The first kappa shape index (κ1) is 21.9. The van der Waals surface area contributed by atoms with Gasteiger partial charge < -0.3 is 10.2 Å². The Morgan fingerprint density at radius 1 is 1.09 bits per heavy atom. The summed E-state index contributed by atoms with van der Waals surface area (Å²) < 4.78 is 38.7. The Kier molecular flexibility index (Phi) is 6.17. The number of benzene rings is 2. The average Bonchev–Trinajstić information content (AvgIpc) is 2.81. The fourth-order valence-electron chi connectivity index (χ4n) is 4.09. The van der Waals surface area contributed by atoms with Gasteiger partial charge in [0.25, 0.3) is 0 Å². The van der Waals surface area contributed by atoms with Gasteiger partial charge in [0.05, 0.1) is 5.56 Å². The highest BCUT2D eigenvalue weighted by molar-refractivity contribution is 5.85. The largest absolute Gasteiger partial charge is 0.416 e. The summed E-state index contributed by atoms with van der Waals surface area (Å²) >= 11 is 0. The molecule has 0 unspecified atom stereocenters. The normalized spacial score (nSPS) is 14.6. The molecule has 1 amide bonds. The minimum atomic E-state index is -4.35. The molecule has 1 aliphatic rings. The molecule has 0 saturated heterocycles. The number of carbonyl (C=O) groups excluding carboxylic acids is 1. The van der Waals surface area contributed by atoms with Gasteiger partial charge in [-0.25, -0.2) is 4.98 Å². The smallest absolute Gasteiger partial charge is 0.358 e. The van der Waals surface area contributed by atoms with Gasteiger partial charge in [-0.3, -0.25) is 4.79 Å². The number of hydrogen-bond donors (Lipinski definition) is 1. The van der Waals surface area contributed by atoms with Gasteiger partial charge in [-0.2, -0.15) is 13.2 Å². The van der Waals surface area contributed by atoms with Gasteiger partial charge in [0.2, 0.25) is 5.91 Å². The molecule has 0 bridgehead atoms. The van der Waals surface area contributed by atoms with Gasteiger partial charge >= 0.3 is 6.18 Å². The van der Waals surface area contributed by atoms with E-state index in [1.54, 1.807) is 6.20 Å². The average molecular weight is 439 g/mol. The summed E-state index contributed by atoms with van der Waals surface area (Å²) in [4.78, 5) is 19.2. The number of halogens is 3. The quantitative estimate of drug-likeness (QED) is 0.568. The summed E-state index contributed by atoms with van der Waals surface area (Å²) in [6.45, 7) is 2.99. The molecule has 0 aliphatic carbocycles. The topological polar surface area (TPSA) is 45.2 Å². The number of rotatable bonds is 5. The Hall–Kier alpha value is -3.35. The highest BCUT2D eigenvalue weighted by atomic mass is 19.4. The highest BCUT2D eigenvalue weighted by Gasteiger charge is 2.31. The molecule has 4 rings (SSSR count). The van der Waals surface area contributed by atoms with Gasteiger partial charge in [-0.1, -0.05) is 43.3 Å². The Morgan fingerprint density at radius 2 is 1.88 bits per heavy atom. The number of nitrogens with one attached hydrogen (secondary N) is 1. The second-order valence-corrected chi connectivity index (χ2v) is 7.85. The number of anilines is 1. The van der Waals surface area contributed by atoms with E-state index < -0.39 is 11.7 Å². The highest BCUT2D eigenvalue weighted by Crippen LogP contribution is 2.34. The number of hydrogen-bond acceptors (Lipinski definition) is 3. The van der Waals surface area contributed by atoms with Crippen LogP contribution in [-0.2, 0) is 23.9 Å². The number of nitrogens with zero attached hydrogens (tertiary/aromatic N) is 2. The van der Waals surface area contributed by atoms with Crippen LogP contribution >= 0.6 is 0 Å². The lowest BCUT2D eigenvalue weighted by Crippen LogP contribution is -2.45. The van der Waals surface area contributed by atoms with Crippen molar-refractivity contribution in [3.63, 3.8) is 0 Å². The van der Waals surface area contributed by atoms with Gasteiger partial charge in [-0.05, 0) is 59.4 Å². The number of pyridine rings is 1. The summed E-state index contributed by atoms with van der Waals surface area (Å²) in [5, 5.41) is 3.21. The second kappa shape index (κ2) is 9.02. The van der Waals surface area contributed by atoms with E-state index in [9.17, 15) is 18.0 Å². The van der Waals surface area contributed by atoms with E-state index in [0.717, 1.165) is 34.4 Å². The van der Waals surface area contributed by atoms with Crippen molar-refractivity contribution in [3.8, 4) is 11.1 Å². The summed E-state index contributed by atoms with van der Waals surface area (Å²) in [7, 11) is 0. The van der Waals surface area contributed by atoms with Crippen LogP contribution < -0.4 is 5.32 Å². The number of carbonyl (C=O) groups is 1. The van der Waals surface area contributed by atoms with Crippen molar-refractivity contribution in [2.45, 2.75) is 38.5 Å². The molecule has 1 aliphatic heterocycles. The van der Waals surface area contributed by atoms with Crippen LogP contribution in [0.2, 0.25) is 0 Å². The molecule has 2 aromatic carbocycles. The zero-order valence-corrected chi connectivity index (χ0v) is 17.7. The minimum Gasteiger partial charge on any atom is -0.358 e. The zero-order valence-electron chi connectivity index (χ0n) is 17.7. The van der Waals surface area contributed by atoms with E-state index >= 15 is 0 Å². The lowest BCUT2D eigenvalue weighted by atomic mass is 9.90. The van der Waals surface area contributed by atoms with Gasteiger partial charge in [0.1, 0.15) is 11.9 Å². The third-order valence-corrected chi connectivity index (χ3v) is 5.79. The van der Waals surface area contributed by atoms with Crippen molar-refractivity contribution < 1.29 is 18.0 Å². The molecule has 1 N–H and O–H groups in total. The van der Waals surface area contributed by atoms with Crippen molar-refractivity contribution >= 4 is 11.7 Å². The van der Waals surface area contributed by atoms with Gasteiger partial charge in [0.15, 0.2) is 0 Å². The maximum atomic E-state index is 13.2. The maximum Gasteiger partial charge on any atom is 0.416 e. The fraction of sp³-hybridized carbons (Fsp3) is 0.280. The maximum absolute atomic E-state index is 13.2. The monoisotopic (exact) mass is 439 g/mol. The van der Waals surface area contributed by atoms with Gasteiger partial charge in [0, 0.05) is 19.3 Å². The van der Waals surface area contributed by atoms with E-state index in [2.05, 4.69) is 10.3 Å². The molecule has 7 heteroatoms. The van der Waals surface area contributed by atoms with Gasteiger partial charge in [-0.15, -0.1) is 0 Å². The van der Waals surface area contributed by atoms with Crippen LogP contribution in [0.15, 0.2) is 66.9 Å². The summed E-state index contributed by atoms with van der Waals surface area (Å²) in [6, 6.07) is 16.2. The van der Waals surface area contributed by atoms with Crippen LogP contribution in [0.3, 0.4) is 0 Å². The van der Waals surface area contributed by atoms with Crippen LogP contribution in [0.25, 0.3) is 11.1 Å². The lowest BCUT2D eigenvalue weighted by molar-refractivity contribution is -0.137. The van der Waals surface area contributed by atoms with E-state index in [1.807, 2.05) is 48.2 Å². The van der Waals surface area contributed by atoms with Crippen molar-refractivity contribution in [1.29, 1.82) is 0 Å². The molecule has 0 saturated carbocycles. The van der Waals surface area contributed by atoms with E-state index in [-0.39, 0.29) is 11.9 Å². The predicted molar refractivity (Wildman–Crippen MR) is 118 cm³/mol. The zero-order chi connectivity index (χ0) is 22.7. The van der Waals surface area contributed by atoms with Crippen LogP contribution in [0.5, 0.6) is 0 Å². The number of fused-ring (bicyclic) bond motifs is 1. The van der Waals surface area contributed by atoms with E-state index in [1.165, 1.54) is 12.1 Å². The van der Waals surface area contributed by atoms with Crippen molar-refractivity contribution in [2.24, 2.45) is 0 Å². The molecule has 32 heavy (non-hydrogen) atoms. The second-order valence-electron chi connectivity index (χ2n) is 7.85. The summed E-state index contributed by atoms with van der Waals surface area (Å²) in [5.74, 6) is 0.679. The molecule has 2 heterocycles. The van der Waals surface area contributed by atoms with Crippen molar-refractivity contribution in [2.75, 3.05) is 11.9 Å². The molecule has 1 aromatic heterocycles. The van der Waals surface area contributed by atoms with Crippen molar-refractivity contribution in [3.05, 3.63) is 83.6 Å². The molecule has 0 radical (unpaired) electrons. The SMILES string of the molecule is CC[C@H](Nc1ccccn1)C(=O)N1CCc2c(cccc2-c2ccc(C(F)(F)F)cc2)C1. The lowest BCUT2D eigenvalue weighted by Gasteiger charge is -2.33. The van der Waals surface area contributed by atoms with Crippen LogP contribution in [0.1, 0.15) is 30.0 Å². The first-order valence-corrected chi connectivity index (χ1v) is 10.6. The Bertz CT molecular complexity index is 1080. The number of aromatic nitrogens is 1. The molecule has 0 spiro atoms. The Morgan fingerprint density at radius 3 is 2.53 bits per heavy atom. The molecule has 4 nitrogen and oxygen atoms in total. The third kappa shape index (κ3) is 4.61. The minimum absolute atomic E-state index is 0.0173. The summed E-state index contributed by atoms with van der Waals surface area (Å²) in [6.07, 6.45) is -1.39. The number of alkyl halides is 3. The fourth-order valence-corrected chi connectivity index (χ4v) is 4.09. The Balaban J connectivity index is 1.53. The van der Waals surface area contributed by atoms with Crippen LogP contribution in [0.4, 0.5) is 19.0 Å². The molecule has 0 fully saturated rings. The molecule has 166 valence electrons. The van der Waals surface area contributed by atoms with Crippen LogP contribution in [-0.4, -0.2) is 28.4 Å². The van der Waals surface area contributed by atoms with Crippen LogP contribution in [0, 0.1) is 0 Å². The molecular weight excluding hydrogens is 415 g/mol. The molecular formula is C25H24F3N3O. The predicted octanol–water partition coefficient (Wildman–Crippen LogP) is 5.54. The standard InChI is InChI=1S/C25H24F3N3O/c1-2-22(30-23-8-3-4-14-29-23)24(32)31-15-13-21-18(16-31)6-5-7-20(21)17-9-11-19(12-10-17)25(26,27)28/h3-12,14,22H,2,13,15-16H2,1H3,(H,29,30)/t22-/m0/s1. The molecule has 3 aromatic rings. The Labute approximate surface area is 185 Å². The summed E-state index contributed by atoms with van der Waals surface area (Å²) in [5.41, 5.74) is 3.12. The molecule has 1 atom stereocenters. The van der Waals surface area contributed by atoms with E-state index in [4.69, 9.17) is 0 Å².